The van der Waals surface area contributed by atoms with Crippen molar-refractivity contribution in [1.29, 1.82) is 0 Å². The molecule has 0 aliphatic heterocycles. The van der Waals surface area contributed by atoms with Gasteiger partial charge in [0.05, 0.1) is 28.1 Å². The van der Waals surface area contributed by atoms with Crippen LogP contribution < -0.4 is 10.6 Å². The van der Waals surface area contributed by atoms with Crippen LogP contribution in [0.1, 0.15) is 17.8 Å². The Balaban J connectivity index is 2.34. The molecular formula is C12H14BrN3S. The molecule has 2 rings (SSSR count). The predicted molar refractivity (Wildman–Crippen MR) is 77.5 cm³/mol. The molecule has 5 heteroatoms. The van der Waals surface area contributed by atoms with Gasteiger partial charge >= 0.3 is 0 Å². The molecule has 0 aromatic carbocycles. The quantitative estimate of drug-likeness (QED) is 0.940. The normalized spacial score (nSPS) is 12.4. The van der Waals surface area contributed by atoms with Crippen molar-refractivity contribution in [2.45, 2.75) is 13.0 Å². The zero-order valence-electron chi connectivity index (χ0n) is 9.72. The molecule has 0 amide bonds. The topological polar surface area (TPSA) is 42.1 Å². The third-order valence-corrected chi connectivity index (χ3v) is 4.41. The fourth-order valence-corrected chi connectivity index (χ4v) is 3.18. The third kappa shape index (κ3) is 2.45. The van der Waals surface area contributed by atoms with E-state index < -0.39 is 0 Å². The number of nitrogen functional groups attached to an aromatic ring is 1. The van der Waals surface area contributed by atoms with Crippen LogP contribution in [0.3, 0.4) is 0 Å². The second-order valence-corrected chi connectivity index (χ2v) is 5.70. The van der Waals surface area contributed by atoms with Gasteiger partial charge in [0.15, 0.2) is 0 Å². The Hall–Kier alpha value is -1.07. The smallest absolute Gasteiger partial charge is 0.0778 e. The van der Waals surface area contributed by atoms with E-state index >= 15 is 0 Å². The number of hydrogen-bond donors (Lipinski definition) is 1. The van der Waals surface area contributed by atoms with Crippen molar-refractivity contribution in [3.63, 3.8) is 0 Å². The molecule has 2 aromatic heterocycles. The minimum atomic E-state index is 0.288. The van der Waals surface area contributed by atoms with E-state index in [0.29, 0.717) is 5.69 Å². The van der Waals surface area contributed by atoms with Gasteiger partial charge in [0.2, 0.25) is 0 Å². The van der Waals surface area contributed by atoms with Gasteiger partial charge in [-0.3, -0.25) is 4.98 Å². The molecule has 3 nitrogen and oxygen atoms in total. The van der Waals surface area contributed by atoms with Gasteiger partial charge in [0.25, 0.3) is 0 Å². The lowest BCUT2D eigenvalue weighted by atomic mass is 10.2. The van der Waals surface area contributed by atoms with Gasteiger partial charge in [-0.25, -0.2) is 0 Å². The standard InChI is InChI=1S/C12H14BrN3S/c1-8(11-4-3-5-17-11)16(2)12-9(13)6-15-7-10(12)14/h3-8H,14H2,1-2H3. The molecule has 0 aliphatic rings. The molecule has 2 heterocycles. The fraction of sp³-hybridized carbons (Fsp3) is 0.250. The molecule has 0 bridgehead atoms. The van der Waals surface area contributed by atoms with Crippen LogP contribution in [-0.2, 0) is 0 Å². The Labute approximate surface area is 113 Å². The number of nitrogens with zero attached hydrogens (tertiary/aromatic N) is 2. The molecule has 0 radical (unpaired) electrons. The van der Waals surface area contributed by atoms with Crippen LogP contribution in [0.5, 0.6) is 0 Å². The minimum absolute atomic E-state index is 0.288. The van der Waals surface area contributed by atoms with Crippen LogP contribution in [-0.4, -0.2) is 12.0 Å². The molecule has 0 saturated heterocycles. The Kier molecular flexibility index (Phi) is 3.69. The maximum atomic E-state index is 5.98. The third-order valence-electron chi connectivity index (χ3n) is 2.79. The van der Waals surface area contributed by atoms with Gasteiger partial charge in [-0.2, -0.15) is 0 Å². The summed E-state index contributed by atoms with van der Waals surface area (Å²) in [6.45, 7) is 2.16. The zero-order chi connectivity index (χ0) is 12.4. The first kappa shape index (κ1) is 12.4. The highest BCUT2D eigenvalue weighted by Gasteiger charge is 2.17. The molecule has 1 unspecified atom stereocenters. The molecule has 90 valence electrons. The van der Waals surface area contributed by atoms with Crippen molar-refractivity contribution in [3.8, 4) is 0 Å². The maximum Gasteiger partial charge on any atom is 0.0778 e. The lowest BCUT2D eigenvalue weighted by Gasteiger charge is -2.28. The first-order chi connectivity index (χ1) is 8.11. The summed E-state index contributed by atoms with van der Waals surface area (Å²) in [5, 5.41) is 2.09. The summed E-state index contributed by atoms with van der Waals surface area (Å²) in [6, 6.07) is 4.49. The molecular weight excluding hydrogens is 298 g/mol. The largest absolute Gasteiger partial charge is 0.396 e. The Morgan fingerprint density at radius 3 is 2.82 bits per heavy atom. The van der Waals surface area contributed by atoms with E-state index in [9.17, 15) is 0 Å². The van der Waals surface area contributed by atoms with Gasteiger partial charge in [-0.05, 0) is 34.3 Å². The molecule has 0 spiro atoms. The second-order valence-electron chi connectivity index (χ2n) is 3.86. The molecule has 0 fully saturated rings. The summed E-state index contributed by atoms with van der Waals surface area (Å²) in [5.41, 5.74) is 7.66. The summed E-state index contributed by atoms with van der Waals surface area (Å²) < 4.78 is 0.920. The van der Waals surface area contributed by atoms with E-state index in [1.54, 1.807) is 23.7 Å². The van der Waals surface area contributed by atoms with E-state index in [4.69, 9.17) is 5.73 Å². The average molecular weight is 312 g/mol. The van der Waals surface area contributed by atoms with Gasteiger partial charge in [-0.1, -0.05) is 6.07 Å². The summed E-state index contributed by atoms with van der Waals surface area (Å²) in [4.78, 5) is 7.53. The van der Waals surface area contributed by atoms with Crippen LogP contribution in [0.15, 0.2) is 34.4 Å². The van der Waals surface area contributed by atoms with E-state index in [1.165, 1.54) is 4.88 Å². The Morgan fingerprint density at radius 1 is 1.47 bits per heavy atom. The van der Waals surface area contributed by atoms with Crippen molar-refractivity contribution in [1.82, 2.24) is 4.98 Å². The lowest BCUT2D eigenvalue weighted by molar-refractivity contribution is 0.753. The Morgan fingerprint density at radius 2 is 2.24 bits per heavy atom. The van der Waals surface area contributed by atoms with E-state index in [1.807, 2.05) is 7.05 Å². The number of rotatable bonds is 3. The average Bonchev–Trinajstić information content (AvgIpc) is 2.81. The van der Waals surface area contributed by atoms with Crippen LogP contribution in [0.4, 0.5) is 11.4 Å². The number of hydrogen-bond acceptors (Lipinski definition) is 4. The molecule has 2 N–H and O–H groups in total. The fourth-order valence-electron chi connectivity index (χ4n) is 1.73. The highest BCUT2D eigenvalue weighted by atomic mass is 79.9. The highest BCUT2D eigenvalue weighted by Crippen LogP contribution is 2.36. The minimum Gasteiger partial charge on any atom is -0.396 e. The van der Waals surface area contributed by atoms with Crippen molar-refractivity contribution >= 4 is 38.6 Å². The predicted octanol–water partition coefficient (Wildman–Crippen LogP) is 3.69. The summed E-state index contributed by atoms with van der Waals surface area (Å²) in [6.07, 6.45) is 3.45. The second kappa shape index (κ2) is 5.06. The number of pyridine rings is 1. The van der Waals surface area contributed by atoms with Gasteiger partial charge in [0.1, 0.15) is 0 Å². The monoisotopic (exact) mass is 311 g/mol. The SMILES string of the molecule is CC(c1cccs1)N(C)c1c(N)cncc1Br. The zero-order valence-corrected chi connectivity index (χ0v) is 12.1. The van der Waals surface area contributed by atoms with Crippen molar-refractivity contribution in [2.75, 3.05) is 17.7 Å². The molecule has 0 aliphatic carbocycles. The van der Waals surface area contributed by atoms with Gasteiger partial charge in [0, 0.05) is 18.1 Å². The first-order valence-electron chi connectivity index (χ1n) is 5.26. The number of nitrogens with two attached hydrogens (primary N) is 1. The summed E-state index contributed by atoms with van der Waals surface area (Å²) in [5.74, 6) is 0. The molecule has 2 aromatic rings. The van der Waals surface area contributed by atoms with Crippen molar-refractivity contribution < 1.29 is 0 Å². The summed E-state index contributed by atoms with van der Waals surface area (Å²) >= 11 is 5.25. The van der Waals surface area contributed by atoms with Crippen molar-refractivity contribution in [2.24, 2.45) is 0 Å². The molecule has 1 atom stereocenters. The van der Waals surface area contributed by atoms with E-state index in [-0.39, 0.29) is 6.04 Å². The highest BCUT2D eigenvalue weighted by molar-refractivity contribution is 9.10. The first-order valence-corrected chi connectivity index (χ1v) is 6.93. The van der Waals surface area contributed by atoms with Gasteiger partial charge in [-0.15, -0.1) is 11.3 Å². The van der Waals surface area contributed by atoms with Crippen LogP contribution in [0, 0.1) is 0 Å². The number of aromatic nitrogens is 1. The number of anilines is 2. The van der Waals surface area contributed by atoms with E-state index in [2.05, 4.69) is 50.3 Å². The molecule has 0 saturated carbocycles. The maximum absolute atomic E-state index is 5.98. The van der Waals surface area contributed by atoms with Crippen LogP contribution >= 0.6 is 27.3 Å². The lowest BCUT2D eigenvalue weighted by Crippen LogP contribution is -2.22. The number of halogens is 1. The number of thiophene rings is 1. The van der Waals surface area contributed by atoms with Crippen LogP contribution in [0.2, 0.25) is 0 Å². The van der Waals surface area contributed by atoms with Crippen molar-refractivity contribution in [3.05, 3.63) is 39.3 Å². The Bertz CT molecular complexity index is 478. The summed E-state index contributed by atoms with van der Waals surface area (Å²) in [7, 11) is 2.04. The molecule has 17 heavy (non-hydrogen) atoms. The van der Waals surface area contributed by atoms with Crippen LogP contribution in [0.25, 0.3) is 0 Å². The van der Waals surface area contributed by atoms with E-state index in [0.717, 1.165) is 10.2 Å². The van der Waals surface area contributed by atoms with Gasteiger partial charge < -0.3 is 10.6 Å².